The Bertz CT molecular complexity index is 1400. The van der Waals surface area contributed by atoms with Gasteiger partial charge in [-0.15, -0.1) is 0 Å². The van der Waals surface area contributed by atoms with Crippen molar-refractivity contribution >= 4 is 66.7 Å². The van der Waals surface area contributed by atoms with Crippen LogP contribution in [0, 0.1) is 0 Å². The maximum atomic E-state index is 14.1. The van der Waals surface area contributed by atoms with Gasteiger partial charge in [-0.3, -0.25) is 13.9 Å². The molecule has 0 saturated carbocycles. The second-order valence-corrected chi connectivity index (χ2v) is 12.9. The minimum absolute atomic E-state index is 0.0937. The van der Waals surface area contributed by atoms with Crippen molar-refractivity contribution in [1.29, 1.82) is 0 Å². The fourth-order valence-electron chi connectivity index (χ4n) is 4.16. The lowest BCUT2D eigenvalue weighted by Crippen LogP contribution is -2.53. The molecule has 0 bridgehead atoms. The van der Waals surface area contributed by atoms with E-state index in [9.17, 15) is 18.0 Å². The van der Waals surface area contributed by atoms with Crippen LogP contribution in [0.25, 0.3) is 0 Å². The number of para-hydroxylation sites is 1. The van der Waals surface area contributed by atoms with Gasteiger partial charge in [0, 0.05) is 39.6 Å². The summed E-state index contributed by atoms with van der Waals surface area (Å²) in [5, 5.41) is 3.61. The Kier molecular flexibility index (Phi) is 11.9. The molecule has 0 aliphatic heterocycles. The molecule has 0 spiro atoms. The molecule has 0 heterocycles. The molecule has 1 N–H and O–H groups in total. The summed E-state index contributed by atoms with van der Waals surface area (Å²) in [4.78, 5) is 29.1. The van der Waals surface area contributed by atoms with Gasteiger partial charge in [-0.1, -0.05) is 85.1 Å². The highest BCUT2D eigenvalue weighted by Gasteiger charge is 2.34. The lowest BCUT2D eigenvalue weighted by molar-refractivity contribution is -0.140. The highest BCUT2D eigenvalue weighted by molar-refractivity contribution is 9.10. The number of unbranched alkanes of at least 4 members (excludes halogenated alkanes) is 1. The predicted octanol–water partition coefficient (Wildman–Crippen LogP) is 6.08. The number of carbonyl (C=O) groups excluding carboxylic acids is 2. The van der Waals surface area contributed by atoms with Crippen LogP contribution < -0.4 is 9.62 Å². The first-order valence-corrected chi connectivity index (χ1v) is 16.2. The van der Waals surface area contributed by atoms with E-state index in [1.165, 1.54) is 4.90 Å². The summed E-state index contributed by atoms with van der Waals surface area (Å²) in [5.41, 5.74) is 1.61. The number of nitrogens with zero attached hydrogens (tertiary/aromatic N) is 2. The number of sulfonamides is 1. The predicted molar refractivity (Wildman–Crippen MR) is 165 cm³/mol. The van der Waals surface area contributed by atoms with Crippen molar-refractivity contribution in [2.45, 2.75) is 38.8 Å². The van der Waals surface area contributed by atoms with Gasteiger partial charge in [-0.05, 0) is 52.2 Å². The molecule has 0 aromatic heterocycles. The minimum Gasteiger partial charge on any atom is -0.354 e. The minimum atomic E-state index is -3.88. The zero-order chi connectivity index (χ0) is 29.3. The highest BCUT2D eigenvalue weighted by Crippen LogP contribution is 2.30. The molecule has 2 amide bonds. The van der Waals surface area contributed by atoms with E-state index in [0.29, 0.717) is 32.3 Å². The zero-order valence-electron chi connectivity index (χ0n) is 22.3. The van der Waals surface area contributed by atoms with Crippen LogP contribution in [0.4, 0.5) is 5.69 Å². The molecule has 3 aromatic carbocycles. The van der Waals surface area contributed by atoms with Crippen molar-refractivity contribution in [1.82, 2.24) is 10.2 Å². The molecule has 1 atom stereocenters. The first kappa shape index (κ1) is 31.9. The van der Waals surface area contributed by atoms with Crippen LogP contribution in [0.2, 0.25) is 10.0 Å². The molecule has 3 rings (SSSR count). The third kappa shape index (κ3) is 8.70. The van der Waals surface area contributed by atoms with E-state index >= 15 is 0 Å². The van der Waals surface area contributed by atoms with Gasteiger partial charge in [0.2, 0.25) is 21.8 Å². The van der Waals surface area contributed by atoms with Crippen LogP contribution in [0.5, 0.6) is 0 Å². The molecule has 40 heavy (non-hydrogen) atoms. The summed E-state index contributed by atoms with van der Waals surface area (Å²) in [6.07, 6.45) is 2.91. The monoisotopic (exact) mass is 667 g/mol. The quantitative estimate of drug-likeness (QED) is 0.224. The van der Waals surface area contributed by atoms with Gasteiger partial charge >= 0.3 is 0 Å². The van der Waals surface area contributed by atoms with Crippen LogP contribution in [0.3, 0.4) is 0 Å². The lowest BCUT2D eigenvalue weighted by Gasteiger charge is -2.34. The molecule has 11 heteroatoms. The van der Waals surface area contributed by atoms with Crippen LogP contribution in [-0.2, 0) is 32.6 Å². The van der Waals surface area contributed by atoms with Crippen molar-refractivity contribution < 1.29 is 18.0 Å². The van der Waals surface area contributed by atoms with E-state index in [1.54, 1.807) is 42.5 Å². The Labute approximate surface area is 254 Å². The molecule has 7 nitrogen and oxygen atoms in total. The largest absolute Gasteiger partial charge is 0.354 e. The van der Waals surface area contributed by atoms with Gasteiger partial charge in [-0.2, -0.15) is 0 Å². The molecular formula is C29H32BrCl2N3O4S. The first-order chi connectivity index (χ1) is 19.0. The highest BCUT2D eigenvalue weighted by atomic mass is 79.9. The maximum absolute atomic E-state index is 14.1. The van der Waals surface area contributed by atoms with Gasteiger partial charge in [0.25, 0.3) is 0 Å². The topological polar surface area (TPSA) is 86.8 Å². The van der Waals surface area contributed by atoms with E-state index in [1.807, 2.05) is 37.3 Å². The SMILES string of the molecule is CCCCNC(=O)C(Cc1ccccc1)N(Cc1c(Cl)cccc1Cl)C(=O)CN(c1ccccc1Br)S(C)(=O)=O. The Morgan fingerprint density at radius 1 is 0.950 bits per heavy atom. The number of halogens is 3. The summed E-state index contributed by atoms with van der Waals surface area (Å²) < 4.78 is 27.3. The van der Waals surface area contributed by atoms with Gasteiger partial charge in [0.15, 0.2) is 0 Å². The number of hydrogen-bond acceptors (Lipinski definition) is 4. The number of benzene rings is 3. The van der Waals surface area contributed by atoms with Crippen molar-refractivity contribution in [3.8, 4) is 0 Å². The van der Waals surface area contributed by atoms with Gasteiger partial charge in [0.1, 0.15) is 12.6 Å². The third-order valence-electron chi connectivity index (χ3n) is 6.29. The molecule has 0 aliphatic carbocycles. The maximum Gasteiger partial charge on any atom is 0.244 e. The second kappa shape index (κ2) is 14.9. The Morgan fingerprint density at radius 3 is 2.17 bits per heavy atom. The number of nitrogens with one attached hydrogen (secondary N) is 1. The summed E-state index contributed by atoms with van der Waals surface area (Å²) in [6.45, 7) is 1.84. The fourth-order valence-corrected chi connectivity index (χ4v) is 6.16. The van der Waals surface area contributed by atoms with Crippen LogP contribution >= 0.6 is 39.1 Å². The van der Waals surface area contributed by atoms with E-state index in [-0.39, 0.29) is 18.9 Å². The third-order valence-corrected chi connectivity index (χ3v) is 8.80. The van der Waals surface area contributed by atoms with Crippen LogP contribution in [0.1, 0.15) is 30.9 Å². The fraction of sp³-hybridized carbons (Fsp3) is 0.310. The lowest BCUT2D eigenvalue weighted by atomic mass is 10.0. The van der Waals surface area contributed by atoms with Crippen molar-refractivity contribution in [3.63, 3.8) is 0 Å². The molecule has 0 fully saturated rings. The average Bonchev–Trinajstić information content (AvgIpc) is 2.91. The normalized spacial score (nSPS) is 12.0. The molecule has 214 valence electrons. The number of hydrogen-bond donors (Lipinski definition) is 1. The Balaban J connectivity index is 2.09. The van der Waals surface area contributed by atoms with E-state index in [0.717, 1.165) is 29.0 Å². The Morgan fingerprint density at radius 2 is 1.57 bits per heavy atom. The number of anilines is 1. The zero-order valence-corrected chi connectivity index (χ0v) is 26.2. The van der Waals surface area contributed by atoms with E-state index in [4.69, 9.17) is 23.2 Å². The number of carbonyl (C=O) groups is 2. The van der Waals surface area contributed by atoms with Crippen molar-refractivity contribution in [2.75, 3.05) is 23.7 Å². The first-order valence-electron chi connectivity index (χ1n) is 12.8. The van der Waals surface area contributed by atoms with Crippen molar-refractivity contribution in [3.05, 3.63) is 98.4 Å². The number of rotatable bonds is 13. The molecule has 0 saturated heterocycles. The molecule has 0 radical (unpaired) electrons. The van der Waals surface area contributed by atoms with Crippen LogP contribution in [0.15, 0.2) is 77.3 Å². The average molecular weight is 669 g/mol. The molecule has 3 aromatic rings. The molecular weight excluding hydrogens is 637 g/mol. The van der Waals surface area contributed by atoms with Gasteiger partial charge < -0.3 is 10.2 Å². The summed E-state index contributed by atoms with van der Waals surface area (Å²) in [7, 11) is -3.88. The summed E-state index contributed by atoms with van der Waals surface area (Å²) in [5.74, 6) is -0.927. The summed E-state index contributed by atoms with van der Waals surface area (Å²) in [6, 6.07) is 20.1. The van der Waals surface area contributed by atoms with Gasteiger partial charge in [0.05, 0.1) is 11.9 Å². The standard InChI is InChI=1S/C29H32BrCl2N3O4S/c1-3-4-17-33-29(37)27(18-21-11-6-5-7-12-21)34(19-22-24(31)14-10-15-25(22)32)28(36)20-35(40(2,38)39)26-16-9-8-13-23(26)30/h5-16,27H,3-4,17-20H2,1-2H3,(H,33,37). The number of amides is 2. The van der Waals surface area contributed by atoms with E-state index in [2.05, 4.69) is 21.2 Å². The molecule has 1 unspecified atom stereocenters. The van der Waals surface area contributed by atoms with E-state index < -0.39 is 28.5 Å². The van der Waals surface area contributed by atoms with Gasteiger partial charge in [-0.25, -0.2) is 8.42 Å². The summed E-state index contributed by atoms with van der Waals surface area (Å²) >= 11 is 16.4. The molecule has 0 aliphatic rings. The van der Waals surface area contributed by atoms with Crippen molar-refractivity contribution in [2.24, 2.45) is 0 Å². The Hall–Kier alpha value is -2.59. The second-order valence-electron chi connectivity index (χ2n) is 9.29. The van der Waals surface area contributed by atoms with Crippen LogP contribution in [-0.4, -0.2) is 50.5 Å². The smallest absolute Gasteiger partial charge is 0.244 e.